The van der Waals surface area contributed by atoms with E-state index >= 15 is 0 Å². The highest BCUT2D eigenvalue weighted by Crippen LogP contribution is 2.41. The molecule has 1 spiro atoms. The number of alkyl carbamates (subject to hydrolysis) is 1. The van der Waals surface area contributed by atoms with E-state index in [0.29, 0.717) is 19.6 Å². The van der Waals surface area contributed by atoms with Crippen molar-refractivity contribution in [2.24, 2.45) is 0 Å². The average molecular weight is 326 g/mol. The van der Waals surface area contributed by atoms with Crippen molar-refractivity contribution in [1.82, 2.24) is 10.2 Å². The molecule has 0 bridgehead atoms. The van der Waals surface area contributed by atoms with Gasteiger partial charge in [-0.05, 0) is 37.1 Å². The lowest BCUT2D eigenvalue weighted by molar-refractivity contribution is -0.286. The normalized spacial score (nSPS) is 28.7. The molecular weight excluding hydrogens is 310 g/mol. The summed E-state index contributed by atoms with van der Waals surface area (Å²) in [6, 6.07) is 4.79. The summed E-state index contributed by atoms with van der Waals surface area (Å²) in [4.78, 5) is 13.5. The molecule has 1 aromatic rings. The Morgan fingerprint density at radius 2 is 2.04 bits per heavy atom. The number of amides is 1. The Balaban J connectivity index is 1.46. The molecule has 3 heterocycles. The molecule has 124 valence electrons. The highest BCUT2D eigenvalue weighted by Gasteiger charge is 2.45. The third-order valence-corrected chi connectivity index (χ3v) is 4.35. The molecule has 1 unspecified atom stereocenters. The van der Waals surface area contributed by atoms with E-state index in [2.05, 4.69) is 19.7 Å². The molecule has 1 amide bonds. The number of ether oxygens (including phenoxy) is 3. The average Bonchev–Trinajstić information content (AvgIpc) is 2.97. The van der Waals surface area contributed by atoms with E-state index < -0.39 is 11.9 Å². The first-order valence-corrected chi connectivity index (χ1v) is 7.51. The van der Waals surface area contributed by atoms with Gasteiger partial charge in [0.1, 0.15) is 5.60 Å². The SMILES string of the molecule is O=C1NCC2(CCCN(Cc3ccc4c(c3)OC(F)(F)O4)C2)O1. The van der Waals surface area contributed by atoms with Crippen LogP contribution in [-0.2, 0) is 11.3 Å². The van der Waals surface area contributed by atoms with E-state index in [0.717, 1.165) is 24.9 Å². The van der Waals surface area contributed by atoms with Crippen molar-refractivity contribution >= 4 is 6.09 Å². The van der Waals surface area contributed by atoms with Gasteiger partial charge >= 0.3 is 12.4 Å². The zero-order valence-corrected chi connectivity index (χ0v) is 12.3. The lowest BCUT2D eigenvalue weighted by Gasteiger charge is -2.38. The summed E-state index contributed by atoms with van der Waals surface area (Å²) in [5.41, 5.74) is 0.373. The number of hydrogen-bond donors (Lipinski definition) is 1. The van der Waals surface area contributed by atoms with Crippen molar-refractivity contribution in [1.29, 1.82) is 0 Å². The first-order valence-electron chi connectivity index (χ1n) is 7.51. The van der Waals surface area contributed by atoms with E-state index in [-0.39, 0.29) is 17.6 Å². The number of hydrogen-bond acceptors (Lipinski definition) is 5. The number of carbonyl (C=O) groups is 1. The number of benzene rings is 1. The van der Waals surface area contributed by atoms with Gasteiger partial charge in [0.25, 0.3) is 0 Å². The van der Waals surface area contributed by atoms with Crippen molar-refractivity contribution in [3.8, 4) is 11.5 Å². The van der Waals surface area contributed by atoms with Crippen molar-refractivity contribution in [2.75, 3.05) is 19.6 Å². The van der Waals surface area contributed by atoms with Crippen LogP contribution >= 0.6 is 0 Å². The van der Waals surface area contributed by atoms with Crippen LogP contribution in [0.2, 0.25) is 0 Å². The molecule has 23 heavy (non-hydrogen) atoms. The van der Waals surface area contributed by atoms with Crippen LogP contribution in [0.15, 0.2) is 18.2 Å². The second-order valence-electron chi connectivity index (χ2n) is 6.19. The zero-order valence-electron chi connectivity index (χ0n) is 12.3. The lowest BCUT2D eigenvalue weighted by atomic mass is 9.93. The van der Waals surface area contributed by atoms with Crippen molar-refractivity contribution < 1.29 is 27.8 Å². The summed E-state index contributed by atoms with van der Waals surface area (Å²) in [6.07, 6.45) is -2.23. The van der Waals surface area contributed by atoms with E-state index in [1.807, 2.05) is 0 Å². The molecule has 2 saturated heterocycles. The molecule has 1 atom stereocenters. The third-order valence-electron chi connectivity index (χ3n) is 4.35. The summed E-state index contributed by atoms with van der Waals surface area (Å²) in [5.74, 6) is 0.0935. The number of piperidine rings is 1. The number of rotatable bonds is 2. The number of likely N-dealkylation sites (tertiary alicyclic amines) is 1. The number of halogens is 2. The minimum absolute atomic E-state index is 0.0442. The van der Waals surface area contributed by atoms with Crippen LogP contribution in [0, 0.1) is 0 Å². The van der Waals surface area contributed by atoms with Gasteiger partial charge in [0.15, 0.2) is 11.5 Å². The zero-order chi connectivity index (χ0) is 16.1. The summed E-state index contributed by atoms with van der Waals surface area (Å²) in [6.45, 7) is 2.57. The predicted molar refractivity (Wildman–Crippen MR) is 74.4 cm³/mol. The van der Waals surface area contributed by atoms with Gasteiger partial charge in [-0.15, -0.1) is 8.78 Å². The Morgan fingerprint density at radius 3 is 2.83 bits per heavy atom. The molecule has 2 fully saturated rings. The van der Waals surface area contributed by atoms with Crippen LogP contribution in [0.25, 0.3) is 0 Å². The van der Waals surface area contributed by atoms with Crippen molar-refractivity contribution in [3.05, 3.63) is 23.8 Å². The van der Waals surface area contributed by atoms with Crippen LogP contribution in [-0.4, -0.2) is 42.5 Å². The summed E-state index contributed by atoms with van der Waals surface area (Å²) in [5, 5.41) is 2.70. The maximum Gasteiger partial charge on any atom is 0.586 e. The van der Waals surface area contributed by atoms with Crippen LogP contribution in [0.1, 0.15) is 18.4 Å². The van der Waals surface area contributed by atoms with E-state index in [1.54, 1.807) is 12.1 Å². The Labute approximate surface area is 131 Å². The van der Waals surface area contributed by atoms with Crippen LogP contribution in [0.3, 0.4) is 0 Å². The van der Waals surface area contributed by atoms with Crippen LogP contribution < -0.4 is 14.8 Å². The molecule has 0 saturated carbocycles. The van der Waals surface area contributed by atoms with Gasteiger partial charge in [-0.3, -0.25) is 4.90 Å². The number of nitrogens with zero attached hydrogens (tertiary/aromatic N) is 1. The van der Waals surface area contributed by atoms with Crippen molar-refractivity contribution in [3.63, 3.8) is 0 Å². The molecule has 8 heteroatoms. The fraction of sp³-hybridized carbons (Fsp3) is 0.533. The van der Waals surface area contributed by atoms with E-state index in [1.165, 1.54) is 6.07 Å². The Bertz CT molecular complexity index is 654. The molecule has 0 radical (unpaired) electrons. The third kappa shape index (κ3) is 2.78. The summed E-state index contributed by atoms with van der Waals surface area (Å²) >= 11 is 0. The lowest BCUT2D eigenvalue weighted by Crippen LogP contribution is -2.50. The highest BCUT2D eigenvalue weighted by atomic mass is 19.3. The Morgan fingerprint density at radius 1 is 1.22 bits per heavy atom. The van der Waals surface area contributed by atoms with Gasteiger partial charge in [-0.1, -0.05) is 6.07 Å². The van der Waals surface area contributed by atoms with Gasteiger partial charge in [-0.25, -0.2) is 4.79 Å². The topological polar surface area (TPSA) is 60.0 Å². The highest BCUT2D eigenvalue weighted by molar-refractivity contribution is 5.70. The summed E-state index contributed by atoms with van der Waals surface area (Å²) < 4.78 is 40.4. The van der Waals surface area contributed by atoms with E-state index in [4.69, 9.17) is 4.74 Å². The number of fused-ring (bicyclic) bond motifs is 1. The first kappa shape index (κ1) is 14.5. The molecule has 0 aromatic heterocycles. The number of carbonyl (C=O) groups excluding carboxylic acids is 1. The smallest absolute Gasteiger partial charge is 0.440 e. The molecule has 1 N–H and O–H groups in total. The molecule has 3 aliphatic heterocycles. The fourth-order valence-electron chi connectivity index (χ4n) is 3.41. The number of nitrogens with one attached hydrogen (secondary N) is 1. The monoisotopic (exact) mass is 326 g/mol. The minimum Gasteiger partial charge on any atom is -0.440 e. The maximum absolute atomic E-state index is 13.1. The van der Waals surface area contributed by atoms with Crippen LogP contribution in [0.5, 0.6) is 11.5 Å². The second kappa shape index (κ2) is 4.95. The predicted octanol–water partition coefficient (Wildman–Crippen LogP) is 2.08. The molecule has 3 aliphatic rings. The molecule has 6 nitrogen and oxygen atoms in total. The van der Waals surface area contributed by atoms with Gasteiger partial charge < -0.3 is 19.5 Å². The standard InChI is InChI=1S/C15H16F2N2O4/c16-15(17)21-11-3-2-10(6-12(11)22-15)7-19-5-1-4-14(9-19)8-18-13(20)23-14/h2-3,6H,1,4-5,7-9H2,(H,18,20). The Hall–Kier alpha value is -2.09. The summed E-state index contributed by atoms with van der Waals surface area (Å²) in [7, 11) is 0. The van der Waals surface area contributed by atoms with E-state index in [9.17, 15) is 13.6 Å². The van der Waals surface area contributed by atoms with Crippen LogP contribution in [0.4, 0.5) is 13.6 Å². The fourth-order valence-corrected chi connectivity index (χ4v) is 3.41. The van der Waals surface area contributed by atoms with Gasteiger partial charge in [0.2, 0.25) is 0 Å². The van der Waals surface area contributed by atoms with Gasteiger partial charge in [0, 0.05) is 13.1 Å². The molecule has 1 aromatic carbocycles. The Kier molecular flexibility index (Phi) is 3.12. The van der Waals surface area contributed by atoms with Gasteiger partial charge in [-0.2, -0.15) is 0 Å². The second-order valence-corrected chi connectivity index (χ2v) is 6.19. The maximum atomic E-state index is 13.1. The first-order chi connectivity index (χ1) is 10.9. The number of alkyl halides is 2. The van der Waals surface area contributed by atoms with Gasteiger partial charge in [0.05, 0.1) is 6.54 Å². The van der Waals surface area contributed by atoms with Crippen molar-refractivity contribution in [2.45, 2.75) is 31.3 Å². The molecule has 0 aliphatic carbocycles. The molecule has 4 rings (SSSR count). The minimum atomic E-state index is -3.60. The largest absolute Gasteiger partial charge is 0.586 e. The molecular formula is C15H16F2N2O4. The quantitative estimate of drug-likeness (QED) is 0.902.